The van der Waals surface area contributed by atoms with Gasteiger partial charge in [-0.15, -0.1) is 0 Å². The number of benzene rings is 1. The molecule has 1 saturated carbocycles. The van der Waals surface area contributed by atoms with Crippen LogP contribution in [0.3, 0.4) is 0 Å². The highest BCUT2D eigenvalue weighted by Crippen LogP contribution is 2.27. The Hall–Kier alpha value is -1.44. The third kappa shape index (κ3) is 4.80. The van der Waals surface area contributed by atoms with Crippen molar-refractivity contribution in [2.75, 3.05) is 26.8 Å². The minimum atomic E-state index is -3.55. The number of nitrogens with one attached hydrogen (secondary N) is 2. The molecule has 0 radical (unpaired) electrons. The molecule has 0 saturated heterocycles. The molecule has 1 aromatic carbocycles. The Labute approximate surface area is 124 Å². The van der Waals surface area contributed by atoms with Crippen LogP contribution in [0, 0.1) is 5.92 Å². The third-order valence-electron chi connectivity index (χ3n) is 3.27. The normalized spacial score (nSPS) is 14.9. The number of hydrogen-bond acceptors (Lipinski definition) is 4. The molecule has 116 valence electrons. The van der Waals surface area contributed by atoms with Crippen LogP contribution in [0.1, 0.15) is 23.2 Å². The summed E-state index contributed by atoms with van der Waals surface area (Å²) in [7, 11) is -2.05. The van der Waals surface area contributed by atoms with Crippen molar-refractivity contribution in [2.45, 2.75) is 17.7 Å². The zero-order chi connectivity index (χ0) is 15.3. The standard InChI is InChI=1S/C14H20N2O4S/c1-20-9-8-16-21(18,19)13-6-4-12(5-7-13)14(17)15-10-11-2-3-11/h4-7,11,16H,2-3,8-10H2,1H3,(H,15,17). The second kappa shape index (κ2) is 7.02. The average Bonchev–Trinajstić information content (AvgIpc) is 3.29. The van der Waals surface area contributed by atoms with E-state index in [2.05, 4.69) is 10.0 Å². The van der Waals surface area contributed by atoms with E-state index in [-0.39, 0.29) is 17.3 Å². The van der Waals surface area contributed by atoms with E-state index in [1.165, 1.54) is 44.2 Å². The van der Waals surface area contributed by atoms with Crippen molar-refractivity contribution in [1.29, 1.82) is 0 Å². The molecule has 7 heteroatoms. The number of ether oxygens (including phenoxy) is 1. The van der Waals surface area contributed by atoms with Crippen molar-refractivity contribution in [3.05, 3.63) is 29.8 Å². The van der Waals surface area contributed by atoms with Crippen molar-refractivity contribution in [3.63, 3.8) is 0 Å². The van der Waals surface area contributed by atoms with E-state index >= 15 is 0 Å². The molecule has 1 aliphatic rings. The molecule has 0 aliphatic heterocycles. The summed E-state index contributed by atoms with van der Waals surface area (Å²) < 4.78 is 31.1. The molecular weight excluding hydrogens is 292 g/mol. The molecule has 0 unspecified atom stereocenters. The number of methoxy groups -OCH3 is 1. The Balaban J connectivity index is 1.95. The average molecular weight is 312 g/mol. The Morgan fingerprint density at radius 2 is 1.95 bits per heavy atom. The molecule has 1 aliphatic carbocycles. The van der Waals surface area contributed by atoms with Crippen LogP contribution < -0.4 is 10.0 Å². The zero-order valence-corrected chi connectivity index (χ0v) is 12.8. The topological polar surface area (TPSA) is 84.5 Å². The predicted molar refractivity (Wildman–Crippen MR) is 78.6 cm³/mol. The van der Waals surface area contributed by atoms with Gasteiger partial charge in [0, 0.05) is 25.8 Å². The van der Waals surface area contributed by atoms with E-state index in [4.69, 9.17) is 4.74 Å². The van der Waals surface area contributed by atoms with Gasteiger partial charge < -0.3 is 10.1 Å². The summed E-state index contributed by atoms with van der Waals surface area (Å²) in [4.78, 5) is 12.0. The second-order valence-electron chi connectivity index (χ2n) is 5.07. The fraction of sp³-hybridized carbons (Fsp3) is 0.500. The lowest BCUT2D eigenvalue weighted by atomic mass is 10.2. The monoisotopic (exact) mass is 312 g/mol. The Morgan fingerprint density at radius 1 is 1.29 bits per heavy atom. The van der Waals surface area contributed by atoms with Crippen molar-refractivity contribution in [1.82, 2.24) is 10.0 Å². The summed E-state index contributed by atoms with van der Waals surface area (Å²) in [6.45, 7) is 1.21. The third-order valence-corrected chi connectivity index (χ3v) is 4.75. The fourth-order valence-corrected chi connectivity index (χ4v) is 2.82. The molecule has 0 heterocycles. The fourth-order valence-electron chi connectivity index (χ4n) is 1.81. The van der Waals surface area contributed by atoms with Gasteiger partial charge in [0.15, 0.2) is 0 Å². The van der Waals surface area contributed by atoms with Crippen LogP contribution in [-0.4, -0.2) is 41.1 Å². The van der Waals surface area contributed by atoms with E-state index in [0.717, 1.165) is 0 Å². The first-order valence-electron chi connectivity index (χ1n) is 6.90. The zero-order valence-electron chi connectivity index (χ0n) is 12.0. The van der Waals surface area contributed by atoms with Crippen LogP contribution in [0.5, 0.6) is 0 Å². The first-order chi connectivity index (χ1) is 10.0. The first-order valence-corrected chi connectivity index (χ1v) is 8.38. The number of carbonyl (C=O) groups excluding carboxylic acids is 1. The highest BCUT2D eigenvalue weighted by Gasteiger charge is 2.22. The lowest BCUT2D eigenvalue weighted by molar-refractivity contribution is 0.0951. The molecule has 0 aromatic heterocycles. The summed E-state index contributed by atoms with van der Waals surface area (Å²) >= 11 is 0. The van der Waals surface area contributed by atoms with Crippen molar-refractivity contribution in [2.24, 2.45) is 5.92 Å². The Kier molecular flexibility index (Phi) is 5.33. The first kappa shape index (κ1) is 15.9. The molecule has 6 nitrogen and oxygen atoms in total. The van der Waals surface area contributed by atoms with Gasteiger partial charge in [0.2, 0.25) is 10.0 Å². The quantitative estimate of drug-likeness (QED) is 0.694. The maximum absolute atomic E-state index is 11.9. The van der Waals surface area contributed by atoms with Gasteiger partial charge >= 0.3 is 0 Å². The van der Waals surface area contributed by atoms with Gasteiger partial charge in [0.05, 0.1) is 11.5 Å². The van der Waals surface area contributed by atoms with Gasteiger partial charge in [-0.05, 0) is 43.0 Å². The Bertz CT molecular complexity index is 579. The molecule has 0 spiro atoms. The number of sulfonamides is 1. The van der Waals surface area contributed by atoms with E-state index in [1.807, 2.05) is 0 Å². The van der Waals surface area contributed by atoms with E-state index < -0.39 is 10.0 Å². The summed E-state index contributed by atoms with van der Waals surface area (Å²) in [6.07, 6.45) is 2.34. The second-order valence-corrected chi connectivity index (χ2v) is 6.84. The van der Waals surface area contributed by atoms with Gasteiger partial charge in [0.25, 0.3) is 5.91 Å². The predicted octanol–water partition coefficient (Wildman–Crippen LogP) is 0.751. The van der Waals surface area contributed by atoms with Crippen LogP contribution in [0.4, 0.5) is 0 Å². The van der Waals surface area contributed by atoms with Crippen LogP contribution in [0.2, 0.25) is 0 Å². The van der Waals surface area contributed by atoms with E-state index in [9.17, 15) is 13.2 Å². The lowest BCUT2D eigenvalue weighted by Gasteiger charge is -2.08. The summed E-state index contributed by atoms with van der Waals surface area (Å²) in [6, 6.07) is 5.91. The number of hydrogen-bond donors (Lipinski definition) is 2. The molecule has 1 amide bonds. The maximum atomic E-state index is 11.9. The largest absolute Gasteiger partial charge is 0.383 e. The van der Waals surface area contributed by atoms with E-state index in [1.54, 1.807) is 0 Å². The van der Waals surface area contributed by atoms with Crippen LogP contribution in [0.15, 0.2) is 29.2 Å². The van der Waals surface area contributed by atoms with Gasteiger partial charge in [0.1, 0.15) is 0 Å². The SMILES string of the molecule is COCCNS(=O)(=O)c1ccc(C(=O)NCC2CC2)cc1. The van der Waals surface area contributed by atoms with Gasteiger partial charge in [-0.25, -0.2) is 13.1 Å². The van der Waals surface area contributed by atoms with Crippen molar-refractivity contribution >= 4 is 15.9 Å². The molecule has 2 N–H and O–H groups in total. The van der Waals surface area contributed by atoms with Gasteiger partial charge in [-0.1, -0.05) is 0 Å². The minimum Gasteiger partial charge on any atom is -0.383 e. The number of carbonyl (C=O) groups is 1. The molecule has 0 atom stereocenters. The smallest absolute Gasteiger partial charge is 0.251 e. The minimum absolute atomic E-state index is 0.136. The van der Waals surface area contributed by atoms with Crippen LogP contribution >= 0.6 is 0 Å². The van der Waals surface area contributed by atoms with Crippen LogP contribution in [0.25, 0.3) is 0 Å². The summed E-state index contributed by atoms with van der Waals surface area (Å²) in [5.41, 5.74) is 0.464. The maximum Gasteiger partial charge on any atom is 0.251 e. The van der Waals surface area contributed by atoms with Gasteiger partial charge in [-0.2, -0.15) is 0 Å². The highest BCUT2D eigenvalue weighted by molar-refractivity contribution is 7.89. The molecule has 0 bridgehead atoms. The van der Waals surface area contributed by atoms with Crippen molar-refractivity contribution < 1.29 is 17.9 Å². The molecular formula is C14H20N2O4S. The van der Waals surface area contributed by atoms with Gasteiger partial charge in [-0.3, -0.25) is 4.79 Å². The number of amides is 1. The van der Waals surface area contributed by atoms with E-state index in [0.29, 0.717) is 24.6 Å². The summed E-state index contributed by atoms with van der Waals surface area (Å²) in [5.74, 6) is 0.441. The molecule has 1 aromatic rings. The summed E-state index contributed by atoms with van der Waals surface area (Å²) in [5, 5.41) is 2.84. The Morgan fingerprint density at radius 3 is 2.52 bits per heavy atom. The molecule has 1 fully saturated rings. The lowest BCUT2D eigenvalue weighted by Crippen LogP contribution is -2.27. The molecule has 2 rings (SSSR count). The molecule has 21 heavy (non-hydrogen) atoms. The van der Waals surface area contributed by atoms with Crippen LogP contribution in [-0.2, 0) is 14.8 Å². The van der Waals surface area contributed by atoms with Crippen molar-refractivity contribution in [3.8, 4) is 0 Å². The highest BCUT2D eigenvalue weighted by atomic mass is 32.2. The number of rotatable bonds is 8.